The molecule has 0 aliphatic carbocycles. The van der Waals surface area contributed by atoms with Gasteiger partial charge in [-0.05, 0) is 31.8 Å². The Kier molecular flexibility index (Phi) is 3.30. The lowest BCUT2D eigenvalue weighted by Crippen LogP contribution is -2.30. The van der Waals surface area contributed by atoms with Gasteiger partial charge in [0, 0.05) is 12.3 Å². The highest BCUT2D eigenvalue weighted by Gasteiger charge is 2.18. The maximum atomic E-state index is 4.67. The van der Waals surface area contributed by atoms with E-state index >= 15 is 0 Å². The fourth-order valence-electron chi connectivity index (χ4n) is 2.46. The maximum Gasteiger partial charge on any atom is 0.234 e. The molecular formula is C12H19N5S. The lowest BCUT2D eigenvalue weighted by Gasteiger charge is -2.21. The van der Waals surface area contributed by atoms with Gasteiger partial charge < -0.3 is 5.32 Å². The van der Waals surface area contributed by atoms with Crippen LogP contribution in [0.1, 0.15) is 43.4 Å². The van der Waals surface area contributed by atoms with Gasteiger partial charge in [-0.3, -0.25) is 0 Å². The van der Waals surface area contributed by atoms with Gasteiger partial charge in [0.2, 0.25) is 4.96 Å². The smallest absolute Gasteiger partial charge is 0.234 e. The van der Waals surface area contributed by atoms with Crippen molar-refractivity contribution in [1.82, 2.24) is 25.1 Å². The normalized spacial score (nSPS) is 20.9. The van der Waals surface area contributed by atoms with Crippen LogP contribution in [0.3, 0.4) is 0 Å². The van der Waals surface area contributed by atoms with Gasteiger partial charge in [0.1, 0.15) is 5.01 Å². The van der Waals surface area contributed by atoms with Crippen molar-refractivity contribution in [2.75, 3.05) is 13.1 Å². The molecule has 98 valence electrons. The molecule has 0 amide bonds. The molecule has 1 atom stereocenters. The van der Waals surface area contributed by atoms with Crippen LogP contribution in [-0.4, -0.2) is 32.9 Å². The van der Waals surface area contributed by atoms with Crippen LogP contribution in [0.25, 0.3) is 4.96 Å². The number of rotatable bonds is 3. The Balaban J connectivity index is 1.80. The predicted molar refractivity (Wildman–Crippen MR) is 72.0 cm³/mol. The van der Waals surface area contributed by atoms with Gasteiger partial charge in [-0.2, -0.15) is 9.61 Å². The summed E-state index contributed by atoms with van der Waals surface area (Å²) in [5, 5.41) is 17.7. The van der Waals surface area contributed by atoms with E-state index in [0.29, 0.717) is 5.92 Å². The molecular weight excluding hydrogens is 246 g/mol. The Morgan fingerprint density at radius 1 is 1.44 bits per heavy atom. The summed E-state index contributed by atoms with van der Waals surface area (Å²) in [4.78, 5) is 0.928. The molecule has 1 aliphatic heterocycles. The number of piperidine rings is 1. The first-order valence-corrected chi connectivity index (χ1v) is 7.47. The molecule has 1 aliphatic rings. The van der Waals surface area contributed by atoms with Crippen molar-refractivity contribution in [3.05, 3.63) is 10.8 Å². The molecule has 0 radical (unpaired) electrons. The van der Waals surface area contributed by atoms with Crippen LogP contribution >= 0.6 is 11.3 Å². The molecule has 1 saturated heterocycles. The van der Waals surface area contributed by atoms with Gasteiger partial charge >= 0.3 is 0 Å². The first kappa shape index (κ1) is 12.0. The number of nitrogens with one attached hydrogen (secondary N) is 1. The van der Waals surface area contributed by atoms with Crippen LogP contribution in [0.4, 0.5) is 0 Å². The topological polar surface area (TPSA) is 55.1 Å². The summed E-state index contributed by atoms with van der Waals surface area (Å²) in [6.45, 7) is 6.54. The zero-order chi connectivity index (χ0) is 12.5. The monoisotopic (exact) mass is 265 g/mol. The van der Waals surface area contributed by atoms with Crippen molar-refractivity contribution in [1.29, 1.82) is 0 Å². The van der Waals surface area contributed by atoms with E-state index in [1.54, 1.807) is 11.3 Å². The summed E-state index contributed by atoms with van der Waals surface area (Å²) in [5.41, 5.74) is 0. The van der Waals surface area contributed by atoms with Gasteiger partial charge in [-0.25, -0.2) is 0 Å². The van der Waals surface area contributed by atoms with Crippen LogP contribution in [0, 0.1) is 5.92 Å². The summed E-state index contributed by atoms with van der Waals surface area (Å²) in [6, 6.07) is 0. The largest absolute Gasteiger partial charge is 0.316 e. The molecule has 1 unspecified atom stereocenters. The van der Waals surface area contributed by atoms with E-state index in [0.717, 1.165) is 29.7 Å². The summed E-state index contributed by atoms with van der Waals surface area (Å²) in [5.74, 6) is 2.06. The molecule has 1 fully saturated rings. The average Bonchev–Trinajstić information content (AvgIpc) is 2.89. The number of hydrogen-bond acceptors (Lipinski definition) is 5. The molecule has 6 heteroatoms. The summed E-state index contributed by atoms with van der Waals surface area (Å²) in [6.07, 6.45) is 3.66. The average molecular weight is 265 g/mol. The van der Waals surface area contributed by atoms with Gasteiger partial charge in [-0.1, -0.05) is 25.2 Å². The van der Waals surface area contributed by atoms with Gasteiger partial charge in [0.15, 0.2) is 5.82 Å². The lowest BCUT2D eigenvalue weighted by molar-refractivity contribution is 0.374. The van der Waals surface area contributed by atoms with Crippen molar-refractivity contribution in [2.24, 2.45) is 5.92 Å². The third kappa shape index (κ3) is 2.27. The fraction of sp³-hybridized carbons (Fsp3) is 0.750. The number of nitrogens with zero attached hydrogens (tertiary/aromatic N) is 4. The zero-order valence-electron chi connectivity index (χ0n) is 10.9. The minimum absolute atomic E-state index is 0.367. The minimum atomic E-state index is 0.367. The number of hydrogen-bond donors (Lipinski definition) is 1. The molecule has 18 heavy (non-hydrogen) atoms. The van der Waals surface area contributed by atoms with Gasteiger partial charge in [0.05, 0.1) is 0 Å². The second kappa shape index (κ2) is 4.93. The molecule has 3 heterocycles. The van der Waals surface area contributed by atoms with Crippen LogP contribution in [-0.2, 0) is 6.42 Å². The Hall–Kier alpha value is -1.01. The van der Waals surface area contributed by atoms with Crippen molar-refractivity contribution in [3.8, 4) is 0 Å². The molecule has 5 nitrogen and oxygen atoms in total. The highest BCUT2D eigenvalue weighted by atomic mass is 32.1. The Morgan fingerprint density at radius 3 is 3.06 bits per heavy atom. The quantitative estimate of drug-likeness (QED) is 0.920. The fourth-order valence-corrected chi connectivity index (χ4v) is 3.41. The SMILES string of the molecule is CC(C)c1nnc2sc(CC3CCCNC3)nn12. The lowest BCUT2D eigenvalue weighted by atomic mass is 9.97. The first-order chi connectivity index (χ1) is 8.74. The molecule has 0 saturated carbocycles. The molecule has 0 aromatic carbocycles. The Morgan fingerprint density at radius 2 is 2.33 bits per heavy atom. The highest BCUT2D eigenvalue weighted by Crippen LogP contribution is 2.22. The van der Waals surface area contributed by atoms with Gasteiger partial charge in [-0.15, -0.1) is 10.2 Å². The van der Waals surface area contributed by atoms with E-state index in [9.17, 15) is 0 Å². The van der Waals surface area contributed by atoms with E-state index in [4.69, 9.17) is 0 Å². The third-order valence-corrected chi connectivity index (χ3v) is 4.36. The molecule has 2 aromatic heterocycles. The number of aromatic nitrogens is 4. The molecule has 1 N–H and O–H groups in total. The third-order valence-electron chi connectivity index (χ3n) is 3.44. The molecule has 2 aromatic rings. The maximum absolute atomic E-state index is 4.67. The summed E-state index contributed by atoms with van der Waals surface area (Å²) in [7, 11) is 0. The molecule has 3 rings (SSSR count). The summed E-state index contributed by atoms with van der Waals surface area (Å²) >= 11 is 1.68. The second-order valence-electron chi connectivity index (χ2n) is 5.32. The van der Waals surface area contributed by atoms with Crippen LogP contribution < -0.4 is 5.32 Å². The standard InChI is InChI=1S/C12H19N5S/c1-8(2)11-14-15-12-17(11)16-10(18-12)6-9-4-3-5-13-7-9/h8-9,13H,3-7H2,1-2H3. The van der Waals surface area contributed by atoms with Crippen LogP contribution in [0.15, 0.2) is 0 Å². The van der Waals surface area contributed by atoms with Crippen LogP contribution in [0.5, 0.6) is 0 Å². The van der Waals surface area contributed by atoms with E-state index in [2.05, 4.69) is 34.5 Å². The van der Waals surface area contributed by atoms with Gasteiger partial charge in [0.25, 0.3) is 0 Å². The Labute approximate surface area is 111 Å². The minimum Gasteiger partial charge on any atom is -0.316 e. The summed E-state index contributed by atoms with van der Waals surface area (Å²) < 4.78 is 1.92. The van der Waals surface area contributed by atoms with Crippen molar-refractivity contribution in [3.63, 3.8) is 0 Å². The van der Waals surface area contributed by atoms with Crippen molar-refractivity contribution >= 4 is 16.3 Å². The highest BCUT2D eigenvalue weighted by molar-refractivity contribution is 7.16. The zero-order valence-corrected chi connectivity index (χ0v) is 11.7. The van der Waals surface area contributed by atoms with E-state index < -0.39 is 0 Å². The second-order valence-corrected chi connectivity index (χ2v) is 6.36. The Bertz CT molecular complexity index is 524. The first-order valence-electron chi connectivity index (χ1n) is 6.66. The van der Waals surface area contributed by atoms with Crippen LogP contribution in [0.2, 0.25) is 0 Å². The van der Waals surface area contributed by atoms with E-state index in [1.807, 2.05) is 4.52 Å². The van der Waals surface area contributed by atoms with Crippen molar-refractivity contribution < 1.29 is 0 Å². The molecule has 0 spiro atoms. The predicted octanol–water partition coefficient (Wildman–Crippen LogP) is 1.85. The molecule has 0 bridgehead atoms. The number of fused-ring (bicyclic) bond motifs is 1. The van der Waals surface area contributed by atoms with Crippen molar-refractivity contribution in [2.45, 2.75) is 39.0 Å². The van der Waals surface area contributed by atoms with E-state index in [1.165, 1.54) is 24.4 Å². The van der Waals surface area contributed by atoms with E-state index in [-0.39, 0.29) is 0 Å².